The van der Waals surface area contributed by atoms with E-state index in [0.717, 1.165) is 6.08 Å². The minimum absolute atomic E-state index is 0. The van der Waals surface area contributed by atoms with E-state index in [1.54, 1.807) is 0 Å². The first-order valence-corrected chi connectivity index (χ1v) is 2.66. The molecule has 0 bridgehead atoms. The highest BCUT2D eigenvalue weighted by Gasteiger charge is 1.99. The lowest BCUT2D eigenvalue weighted by molar-refractivity contribution is -0.136. The summed E-state index contributed by atoms with van der Waals surface area (Å²) >= 11 is 0. The molecule has 0 rings (SSSR count). The van der Waals surface area contributed by atoms with Gasteiger partial charge in [-0.05, 0) is 6.92 Å². The van der Waals surface area contributed by atoms with Crippen molar-refractivity contribution in [2.75, 3.05) is 0 Å². The van der Waals surface area contributed by atoms with Gasteiger partial charge in [0.15, 0.2) is 0 Å². The van der Waals surface area contributed by atoms with E-state index in [1.807, 2.05) is 0 Å². The fourth-order valence-corrected chi connectivity index (χ4v) is 0.328. The standard InChI is InChI=1S/C6H8O4.Mg.2H/c1-4(6(9)10)2-3-5(7)8;;;/h2H,3H2,1H3,(H,7,8)(H,9,10);;;. The van der Waals surface area contributed by atoms with Crippen molar-refractivity contribution in [2.24, 2.45) is 0 Å². The summed E-state index contributed by atoms with van der Waals surface area (Å²) in [6, 6.07) is 0. The van der Waals surface area contributed by atoms with Crippen LogP contribution in [0, 0.1) is 0 Å². The molecule has 0 fully saturated rings. The van der Waals surface area contributed by atoms with Crippen LogP contribution in [-0.4, -0.2) is 45.2 Å². The Bertz CT molecular complexity index is 185. The van der Waals surface area contributed by atoms with Gasteiger partial charge in [0, 0.05) is 5.57 Å². The van der Waals surface area contributed by atoms with E-state index in [0.29, 0.717) is 0 Å². The molecule has 0 aliphatic heterocycles. The summed E-state index contributed by atoms with van der Waals surface area (Å²) in [5.41, 5.74) is 0.0578. The maximum atomic E-state index is 10.1. The summed E-state index contributed by atoms with van der Waals surface area (Å²) in [6.07, 6.45) is 0.919. The largest absolute Gasteiger partial charge is 0.481 e. The van der Waals surface area contributed by atoms with Crippen molar-refractivity contribution in [2.45, 2.75) is 13.3 Å². The van der Waals surface area contributed by atoms with Crippen molar-refractivity contribution in [3.8, 4) is 0 Å². The number of rotatable bonds is 3. The van der Waals surface area contributed by atoms with Gasteiger partial charge in [-0.1, -0.05) is 6.08 Å². The minimum Gasteiger partial charge on any atom is -0.481 e. The highest BCUT2D eigenvalue weighted by Crippen LogP contribution is 1.94. The first-order chi connectivity index (χ1) is 4.54. The second-order valence-electron chi connectivity index (χ2n) is 1.79. The molecule has 0 amide bonds. The molecule has 0 heterocycles. The maximum Gasteiger partial charge on any atom is 0.330 e. The Kier molecular flexibility index (Phi) is 7.34. The first-order valence-electron chi connectivity index (χ1n) is 2.66. The molecule has 0 aromatic rings. The molecule has 0 unspecified atom stereocenters. The van der Waals surface area contributed by atoms with Crippen molar-refractivity contribution >= 4 is 35.0 Å². The van der Waals surface area contributed by atoms with Gasteiger partial charge in [0.05, 0.1) is 6.42 Å². The molecule has 0 aliphatic carbocycles. The lowest BCUT2D eigenvalue weighted by atomic mass is 10.2. The zero-order chi connectivity index (χ0) is 8.15. The van der Waals surface area contributed by atoms with Gasteiger partial charge in [-0.15, -0.1) is 0 Å². The van der Waals surface area contributed by atoms with Gasteiger partial charge in [-0.2, -0.15) is 0 Å². The lowest BCUT2D eigenvalue weighted by Gasteiger charge is -1.89. The Morgan fingerprint density at radius 3 is 2.09 bits per heavy atom. The maximum absolute atomic E-state index is 10.1. The van der Waals surface area contributed by atoms with Gasteiger partial charge < -0.3 is 10.2 Å². The molecular formula is C6H10MgO4. The van der Waals surface area contributed by atoms with Crippen molar-refractivity contribution in [3.63, 3.8) is 0 Å². The third-order valence-electron chi connectivity index (χ3n) is 0.920. The lowest BCUT2D eigenvalue weighted by Crippen LogP contribution is -1.98. The number of hydrogen-bond donors (Lipinski definition) is 2. The van der Waals surface area contributed by atoms with Gasteiger partial charge in [-0.25, -0.2) is 4.79 Å². The van der Waals surface area contributed by atoms with E-state index in [9.17, 15) is 9.59 Å². The molecular weight excluding hydrogens is 160 g/mol. The van der Waals surface area contributed by atoms with Crippen LogP contribution in [0.3, 0.4) is 0 Å². The van der Waals surface area contributed by atoms with Crippen LogP contribution in [0.4, 0.5) is 0 Å². The van der Waals surface area contributed by atoms with Crippen molar-refractivity contribution < 1.29 is 19.8 Å². The average molecular weight is 170 g/mol. The van der Waals surface area contributed by atoms with Gasteiger partial charge in [0.25, 0.3) is 0 Å². The van der Waals surface area contributed by atoms with Gasteiger partial charge >= 0.3 is 35.0 Å². The highest BCUT2D eigenvalue weighted by atomic mass is 24.3. The molecule has 0 saturated heterocycles. The Balaban J connectivity index is 0. The van der Waals surface area contributed by atoms with Crippen LogP contribution in [0.1, 0.15) is 13.3 Å². The Morgan fingerprint density at radius 2 is 1.82 bits per heavy atom. The van der Waals surface area contributed by atoms with Gasteiger partial charge in [-0.3, -0.25) is 4.79 Å². The fourth-order valence-electron chi connectivity index (χ4n) is 0.328. The molecule has 0 atom stereocenters. The molecule has 2 N–H and O–H groups in total. The molecule has 60 valence electrons. The van der Waals surface area contributed by atoms with E-state index in [4.69, 9.17) is 10.2 Å². The molecule has 0 spiro atoms. The minimum atomic E-state index is -1.08. The van der Waals surface area contributed by atoms with Crippen LogP contribution in [0.2, 0.25) is 0 Å². The normalized spacial score (nSPS) is 10.1. The molecule has 0 aliphatic rings. The van der Waals surface area contributed by atoms with E-state index in [2.05, 4.69) is 0 Å². The fraction of sp³-hybridized carbons (Fsp3) is 0.333. The molecule has 5 heteroatoms. The molecule has 11 heavy (non-hydrogen) atoms. The summed E-state index contributed by atoms with van der Waals surface area (Å²) in [7, 11) is 0. The van der Waals surface area contributed by atoms with E-state index in [-0.39, 0.29) is 35.0 Å². The number of carboxylic acids is 2. The highest BCUT2D eigenvalue weighted by molar-refractivity contribution is 5.86. The van der Waals surface area contributed by atoms with Crippen LogP contribution in [0.15, 0.2) is 11.6 Å². The van der Waals surface area contributed by atoms with Gasteiger partial charge in [0.1, 0.15) is 0 Å². The second-order valence-corrected chi connectivity index (χ2v) is 1.79. The van der Waals surface area contributed by atoms with Crippen LogP contribution >= 0.6 is 0 Å². The molecule has 0 aromatic heterocycles. The average Bonchev–Trinajstić information content (AvgIpc) is 1.82. The number of carbonyl (C=O) groups is 2. The van der Waals surface area contributed by atoms with E-state index >= 15 is 0 Å². The van der Waals surface area contributed by atoms with E-state index in [1.165, 1.54) is 6.92 Å². The first kappa shape index (κ1) is 13.1. The van der Waals surface area contributed by atoms with Gasteiger partial charge in [0.2, 0.25) is 0 Å². The zero-order valence-electron chi connectivity index (χ0n) is 5.50. The van der Waals surface area contributed by atoms with Crippen molar-refractivity contribution in [1.29, 1.82) is 0 Å². The number of carboxylic acid groups (broad SMARTS) is 2. The van der Waals surface area contributed by atoms with Crippen LogP contribution < -0.4 is 0 Å². The summed E-state index contributed by atoms with van der Waals surface area (Å²) in [5, 5.41) is 16.3. The topological polar surface area (TPSA) is 74.6 Å². The number of aliphatic carboxylic acids is 2. The summed E-state index contributed by atoms with van der Waals surface area (Å²) < 4.78 is 0. The predicted molar refractivity (Wildman–Crippen MR) is 42.2 cm³/mol. The Labute approximate surface area is 80.1 Å². The number of hydrogen-bond acceptors (Lipinski definition) is 2. The third-order valence-corrected chi connectivity index (χ3v) is 0.920. The van der Waals surface area contributed by atoms with Crippen LogP contribution in [0.25, 0.3) is 0 Å². The summed E-state index contributed by atoms with van der Waals surface area (Å²) in [6.45, 7) is 1.35. The predicted octanol–water partition coefficient (Wildman–Crippen LogP) is -0.424. The SMILES string of the molecule is CC(=CCC(=O)O)C(=O)O.[MgH2]. The van der Waals surface area contributed by atoms with Crippen LogP contribution in [-0.2, 0) is 9.59 Å². The third kappa shape index (κ3) is 7.34. The smallest absolute Gasteiger partial charge is 0.330 e. The molecule has 4 nitrogen and oxygen atoms in total. The molecule has 0 radical (unpaired) electrons. The second kappa shape index (κ2) is 6.18. The zero-order valence-corrected chi connectivity index (χ0v) is 5.50. The molecule has 0 aromatic carbocycles. The summed E-state index contributed by atoms with van der Waals surface area (Å²) in [4.78, 5) is 19.9. The Morgan fingerprint density at radius 1 is 1.36 bits per heavy atom. The van der Waals surface area contributed by atoms with Crippen LogP contribution in [0.5, 0.6) is 0 Å². The Hall–Kier alpha value is -0.554. The van der Waals surface area contributed by atoms with E-state index < -0.39 is 11.9 Å². The monoisotopic (exact) mass is 170 g/mol. The van der Waals surface area contributed by atoms with Crippen molar-refractivity contribution in [1.82, 2.24) is 0 Å². The van der Waals surface area contributed by atoms with Crippen molar-refractivity contribution in [3.05, 3.63) is 11.6 Å². The quantitative estimate of drug-likeness (QED) is 0.445. The summed E-state index contributed by atoms with van der Waals surface area (Å²) in [5.74, 6) is -2.11. The molecule has 0 saturated carbocycles.